The van der Waals surface area contributed by atoms with Crippen molar-refractivity contribution < 1.29 is 13.2 Å². The molecular weight excluding hydrogens is 374 g/mol. The van der Waals surface area contributed by atoms with Crippen LogP contribution in [0.4, 0.5) is 0 Å². The molecule has 1 aromatic carbocycles. The van der Waals surface area contributed by atoms with Gasteiger partial charge >= 0.3 is 0 Å². The first-order chi connectivity index (χ1) is 12.6. The molecule has 0 atom stereocenters. The average Bonchev–Trinajstić information content (AvgIpc) is 3.19. The fourth-order valence-electron chi connectivity index (χ4n) is 2.83. The first kappa shape index (κ1) is 18.9. The fourth-order valence-corrected chi connectivity index (χ4v) is 4.96. The summed E-state index contributed by atoms with van der Waals surface area (Å²) in [6, 6.07) is 8.41. The highest BCUT2D eigenvalue weighted by Crippen LogP contribution is 2.23. The van der Waals surface area contributed by atoms with Crippen molar-refractivity contribution in [1.29, 1.82) is 0 Å². The number of hydrogen-bond donors (Lipinski definition) is 2. The molecule has 2 heterocycles. The first-order valence-corrected chi connectivity index (χ1v) is 10.8. The number of nitrogens with zero attached hydrogens (tertiary/aromatic N) is 3. The molecule has 26 heavy (non-hydrogen) atoms. The number of aromatic amines is 1. The number of H-pyrrole nitrogens is 1. The van der Waals surface area contributed by atoms with Crippen LogP contribution in [0.1, 0.15) is 12.8 Å². The molecule has 1 aliphatic rings. The van der Waals surface area contributed by atoms with Crippen molar-refractivity contribution in [2.24, 2.45) is 5.92 Å². The molecule has 0 spiro atoms. The lowest BCUT2D eigenvalue weighted by Crippen LogP contribution is -2.43. The summed E-state index contributed by atoms with van der Waals surface area (Å²) in [5.74, 6) is 0.537. The first-order valence-electron chi connectivity index (χ1n) is 8.38. The van der Waals surface area contributed by atoms with E-state index in [2.05, 4.69) is 20.5 Å². The third-order valence-electron chi connectivity index (χ3n) is 4.24. The van der Waals surface area contributed by atoms with E-state index in [-0.39, 0.29) is 11.8 Å². The van der Waals surface area contributed by atoms with E-state index < -0.39 is 10.0 Å². The minimum absolute atomic E-state index is 0.0140. The molecule has 2 aromatic rings. The minimum Gasteiger partial charge on any atom is -0.355 e. The Labute approximate surface area is 156 Å². The van der Waals surface area contributed by atoms with Gasteiger partial charge in [-0.3, -0.25) is 9.89 Å². The molecule has 8 nitrogen and oxygen atoms in total. The predicted molar refractivity (Wildman–Crippen MR) is 98.0 cm³/mol. The van der Waals surface area contributed by atoms with Gasteiger partial charge in [-0.15, -0.1) is 0 Å². The van der Waals surface area contributed by atoms with E-state index in [1.54, 1.807) is 30.3 Å². The standard InChI is InChI=1S/C16H21N5O3S2/c22-15(17-8-11-25-16-18-12-19-20-16)13-6-9-21(10-7-13)26(23,24)14-4-2-1-3-5-14/h1-5,12-13H,6-11H2,(H,17,22)(H,18,19,20). The zero-order valence-corrected chi connectivity index (χ0v) is 15.8. The van der Waals surface area contributed by atoms with Gasteiger partial charge in [0.15, 0.2) is 5.16 Å². The summed E-state index contributed by atoms with van der Waals surface area (Å²) in [5, 5.41) is 10.1. The number of thioether (sulfide) groups is 1. The number of piperidine rings is 1. The number of sulfonamides is 1. The number of aromatic nitrogens is 3. The predicted octanol–water partition coefficient (Wildman–Crippen LogP) is 1.11. The molecule has 2 N–H and O–H groups in total. The Kier molecular flexibility index (Phi) is 6.28. The molecule has 1 aromatic heterocycles. The van der Waals surface area contributed by atoms with Crippen LogP contribution in [-0.4, -0.2) is 59.2 Å². The molecule has 10 heteroatoms. The third kappa shape index (κ3) is 4.63. The Hall–Kier alpha value is -1.91. The second-order valence-electron chi connectivity index (χ2n) is 5.92. The molecule has 3 rings (SSSR count). The fraction of sp³-hybridized carbons (Fsp3) is 0.438. The van der Waals surface area contributed by atoms with Gasteiger partial charge in [0.25, 0.3) is 0 Å². The van der Waals surface area contributed by atoms with E-state index in [1.165, 1.54) is 22.4 Å². The third-order valence-corrected chi connectivity index (χ3v) is 7.03. The summed E-state index contributed by atoms with van der Waals surface area (Å²) in [7, 11) is -3.48. The van der Waals surface area contributed by atoms with Crippen molar-refractivity contribution in [3.05, 3.63) is 36.7 Å². The smallest absolute Gasteiger partial charge is 0.243 e. The maximum atomic E-state index is 12.6. The maximum absolute atomic E-state index is 12.6. The number of amides is 1. The van der Waals surface area contributed by atoms with Gasteiger partial charge in [-0.25, -0.2) is 13.4 Å². The zero-order chi connectivity index (χ0) is 18.4. The van der Waals surface area contributed by atoms with Gasteiger partial charge in [-0.2, -0.15) is 9.40 Å². The zero-order valence-electron chi connectivity index (χ0n) is 14.2. The molecule has 0 unspecified atom stereocenters. The molecule has 1 fully saturated rings. The molecule has 0 radical (unpaired) electrons. The summed E-state index contributed by atoms with van der Waals surface area (Å²) in [5.41, 5.74) is 0. The Morgan fingerprint density at radius 1 is 1.27 bits per heavy atom. The van der Waals surface area contributed by atoms with Crippen molar-refractivity contribution in [2.45, 2.75) is 22.9 Å². The van der Waals surface area contributed by atoms with Crippen LogP contribution in [0.2, 0.25) is 0 Å². The van der Waals surface area contributed by atoms with E-state index in [0.29, 0.717) is 43.1 Å². The van der Waals surface area contributed by atoms with Crippen LogP contribution < -0.4 is 5.32 Å². The van der Waals surface area contributed by atoms with Crippen LogP contribution in [0.3, 0.4) is 0 Å². The molecular formula is C16H21N5O3S2. The molecule has 1 saturated heterocycles. The van der Waals surface area contributed by atoms with Crippen LogP contribution in [-0.2, 0) is 14.8 Å². The Morgan fingerprint density at radius 2 is 2.00 bits per heavy atom. The lowest BCUT2D eigenvalue weighted by atomic mass is 9.97. The van der Waals surface area contributed by atoms with Crippen molar-refractivity contribution in [2.75, 3.05) is 25.4 Å². The summed E-state index contributed by atoms with van der Waals surface area (Å²) in [6.45, 7) is 1.26. The molecule has 0 saturated carbocycles. The van der Waals surface area contributed by atoms with Gasteiger partial charge in [0.2, 0.25) is 15.9 Å². The number of benzene rings is 1. The van der Waals surface area contributed by atoms with Crippen molar-refractivity contribution in [3.8, 4) is 0 Å². The van der Waals surface area contributed by atoms with Gasteiger partial charge in [0, 0.05) is 31.3 Å². The molecule has 0 aliphatic carbocycles. The molecule has 0 bridgehead atoms. The highest BCUT2D eigenvalue weighted by molar-refractivity contribution is 7.99. The summed E-state index contributed by atoms with van der Waals surface area (Å²) in [4.78, 5) is 16.6. The van der Waals surface area contributed by atoms with Gasteiger partial charge in [0.1, 0.15) is 6.33 Å². The molecule has 1 amide bonds. The summed E-state index contributed by atoms with van der Waals surface area (Å²) in [6.07, 6.45) is 2.51. The quantitative estimate of drug-likeness (QED) is 0.537. The maximum Gasteiger partial charge on any atom is 0.243 e. The van der Waals surface area contributed by atoms with E-state index in [0.717, 1.165) is 5.16 Å². The number of hydrogen-bond acceptors (Lipinski definition) is 6. The normalized spacial score (nSPS) is 16.5. The Balaban J connectivity index is 1.43. The molecule has 140 valence electrons. The van der Waals surface area contributed by atoms with Crippen LogP contribution >= 0.6 is 11.8 Å². The van der Waals surface area contributed by atoms with Gasteiger partial charge in [-0.1, -0.05) is 30.0 Å². The highest BCUT2D eigenvalue weighted by Gasteiger charge is 2.31. The van der Waals surface area contributed by atoms with Crippen LogP contribution in [0.15, 0.2) is 46.7 Å². The van der Waals surface area contributed by atoms with Crippen molar-refractivity contribution in [1.82, 2.24) is 24.8 Å². The molecule has 1 aliphatic heterocycles. The summed E-state index contributed by atoms with van der Waals surface area (Å²) >= 11 is 1.49. The van der Waals surface area contributed by atoms with Crippen molar-refractivity contribution >= 4 is 27.7 Å². The van der Waals surface area contributed by atoms with Crippen molar-refractivity contribution in [3.63, 3.8) is 0 Å². The van der Waals surface area contributed by atoms with Gasteiger partial charge in [-0.05, 0) is 25.0 Å². The lowest BCUT2D eigenvalue weighted by molar-refractivity contribution is -0.125. The minimum atomic E-state index is -3.48. The van der Waals surface area contributed by atoms with Crippen LogP contribution in [0.25, 0.3) is 0 Å². The summed E-state index contributed by atoms with van der Waals surface area (Å²) < 4.78 is 26.7. The van der Waals surface area contributed by atoms with Gasteiger partial charge < -0.3 is 5.32 Å². The second kappa shape index (κ2) is 8.65. The van der Waals surface area contributed by atoms with Gasteiger partial charge in [0.05, 0.1) is 4.90 Å². The number of carbonyl (C=O) groups excluding carboxylic acids is 1. The monoisotopic (exact) mass is 395 g/mol. The van der Waals surface area contributed by atoms with Crippen LogP contribution in [0.5, 0.6) is 0 Å². The van der Waals surface area contributed by atoms with Crippen LogP contribution in [0, 0.1) is 5.92 Å². The topological polar surface area (TPSA) is 108 Å². The van der Waals surface area contributed by atoms with E-state index in [9.17, 15) is 13.2 Å². The lowest BCUT2D eigenvalue weighted by Gasteiger charge is -2.30. The number of rotatable bonds is 7. The highest BCUT2D eigenvalue weighted by atomic mass is 32.2. The van der Waals surface area contributed by atoms with E-state index in [1.807, 2.05) is 0 Å². The number of nitrogens with one attached hydrogen (secondary N) is 2. The number of carbonyl (C=O) groups is 1. The van der Waals surface area contributed by atoms with E-state index >= 15 is 0 Å². The largest absolute Gasteiger partial charge is 0.355 e. The Morgan fingerprint density at radius 3 is 2.65 bits per heavy atom. The average molecular weight is 396 g/mol. The Bertz CT molecular complexity index is 804. The second-order valence-corrected chi connectivity index (χ2v) is 8.94. The van der Waals surface area contributed by atoms with E-state index in [4.69, 9.17) is 0 Å². The SMILES string of the molecule is O=C(NCCSc1ncn[nH]1)C1CCN(S(=O)(=O)c2ccccc2)CC1.